The first kappa shape index (κ1) is 17.0. The molecule has 1 amide bonds. The van der Waals surface area contributed by atoms with Crippen molar-refractivity contribution in [3.8, 4) is 6.07 Å². The molecule has 0 atom stereocenters. The van der Waals surface area contributed by atoms with E-state index in [2.05, 4.69) is 33.0 Å². The molecule has 3 nitrogen and oxygen atoms in total. The Balaban J connectivity index is 2.84. The lowest BCUT2D eigenvalue weighted by Gasteiger charge is -2.18. The van der Waals surface area contributed by atoms with Gasteiger partial charge in [0.15, 0.2) is 0 Å². The molecule has 0 aromatic heterocycles. The molecule has 0 aliphatic carbocycles. The predicted molar refractivity (Wildman–Crippen MR) is 86.6 cm³/mol. The van der Waals surface area contributed by atoms with Crippen molar-refractivity contribution >= 4 is 12.0 Å². The lowest BCUT2D eigenvalue weighted by atomic mass is 9.86. The average molecular weight is 284 g/mol. The third-order valence-electron chi connectivity index (χ3n) is 3.27. The average Bonchev–Trinajstić information content (AvgIpc) is 2.44. The van der Waals surface area contributed by atoms with Crippen molar-refractivity contribution in [1.29, 1.82) is 5.26 Å². The zero-order chi connectivity index (χ0) is 15.9. The van der Waals surface area contributed by atoms with Crippen LogP contribution in [0.15, 0.2) is 29.8 Å². The maximum absolute atomic E-state index is 11.9. The molecule has 0 unspecified atom stereocenters. The van der Waals surface area contributed by atoms with Crippen LogP contribution in [0.4, 0.5) is 0 Å². The highest BCUT2D eigenvalue weighted by Gasteiger charge is 2.13. The fraction of sp³-hybridized carbons (Fsp3) is 0.444. The van der Waals surface area contributed by atoms with Crippen LogP contribution in [-0.4, -0.2) is 12.5 Å². The van der Waals surface area contributed by atoms with Gasteiger partial charge in [-0.2, -0.15) is 5.26 Å². The standard InChI is InChI=1S/C18H24N2O/c1-5-6-11-20-17(21)15(13-19)12-14-7-9-16(10-8-14)18(2,3)4/h7-10,12H,5-6,11H2,1-4H3,(H,20,21)/b15-12+. The maximum Gasteiger partial charge on any atom is 0.261 e. The molecule has 0 fully saturated rings. The predicted octanol–water partition coefficient (Wildman–Crippen LogP) is 3.81. The summed E-state index contributed by atoms with van der Waals surface area (Å²) in [7, 11) is 0. The smallest absolute Gasteiger partial charge is 0.261 e. The van der Waals surface area contributed by atoms with Gasteiger partial charge in [-0.1, -0.05) is 58.4 Å². The SMILES string of the molecule is CCCCNC(=O)/C(C#N)=C/c1ccc(C(C)(C)C)cc1. The summed E-state index contributed by atoms with van der Waals surface area (Å²) < 4.78 is 0. The molecular formula is C18H24N2O. The first-order valence-electron chi connectivity index (χ1n) is 7.39. The van der Waals surface area contributed by atoms with Gasteiger partial charge in [-0.15, -0.1) is 0 Å². The summed E-state index contributed by atoms with van der Waals surface area (Å²) in [4.78, 5) is 11.9. The monoisotopic (exact) mass is 284 g/mol. The van der Waals surface area contributed by atoms with Crippen molar-refractivity contribution in [3.63, 3.8) is 0 Å². The van der Waals surface area contributed by atoms with Gasteiger partial charge >= 0.3 is 0 Å². The van der Waals surface area contributed by atoms with E-state index >= 15 is 0 Å². The molecular weight excluding hydrogens is 260 g/mol. The molecule has 3 heteroatoms. The summed E-state index contributed by atoms with van der Waals surface area (Å²) >= 11 is 0. The number of hydrogen-bond donors (Lipinski definition) is 1. The minimum atomic E-state index is -0.300. The van der Waals surface area contributed by atoms with Gasteiger partial charge in [0.1, 0.15) is 11.6 Å². The van der Waals surface area contributed by atoms with E-state index in [9.17, 15) is 4.79 Å². The van der Waals surface area contributed by atoms with E-state index in [1.54, 1.807) is 6.08 Å². The van der Waals surface area contributed by atoms with Gasteiger partial charge in [0.25, 0.3) is 5.91 Å². The topological polar surface area (TPSA) is 52.9 Å². The number of hydrogen-bond acceptors (Lipinski definition) is 2. The Morgan fingerprint density at radius 1 is 1.29 bits per heavy atom. The Hall–Kier alpha value is -2.08. The Bertz CT molecular complexity index is 542. The Labute approximate surface area is 127 Å². The van der Waals surface area contributed by atoms with Crippen molar-refractivity contribution in [1.82, 2.24) is 5.32 Å². The summed E-state index contributed by atoms with van der Waals surface area (Å²) in [6, 6.07) is 9.93. The number of benzene rings is 1. The van der Waals surface area contributed by atoms with Crippen LogP contribution in [0.25, 0.3) is 6.08 Å². The number of unbranched alkanes of at least 4 members (excludes halogenated alkanes) is 1. The van der Waals surface area contributed by atoms with E-state index in [1.165, 1.54) is 5.56 Å². The zero-order valence-corrected chi connectivity index (χ0v) is 13.4. The zero-order valence-electron chi connectivity index (χ0n) is 13.4. The number of carbonyl (C=O) groups excluding carboxylic acids is 1. The first-order chi connectivity index (χ1) is 9.88. The molecule has 21 heavy (non-hydrogen) atoms. The number of nitriles is 1. The van der Waals surface area contributed by atoms with Crippen LogP contribution in [0.1, 0.15) is 51.7 Å². The molecule has 0 heterocycles. The third-order valence-corrected chi connectivity index (χ3v) is 3.27. The van der Waals surface area contributed by atoms with E-state index < -0.39 is 0 Å². The van der Waals surface area contributed by atoms with Crippen LogP contribution >= 0.6 is 0 Å². The lowest BCUT2D eigenvalue weighted by molar-refractivity contribution is -0.117. The molecule has 112 valence electrons. The van der Waals surface area contributed by atoms with E-state index in [4.69, 9.17) is 5.26 Å². The van der Waals surface area contributed by atoms with Gasteiger partial charge in [-0.25, -0.2) is 0 Å². The second kappa shape index (κ2) is 7.64. The molecule has 1 aromatic rings. The molecule has 0 bridgehead atoms. The van der Waals surface area contributed by atoms with E-state index in [0.29, 0.717) is 6.54 Å². The van der Waals surface area contributed by atoms with Crippen molar-refractivity contribution in [2.24, 2.45) is 0 Å². The van der Waals surface area contributed by atoms with Gasteiger partial charge in [-0.05, 0) is 29.0 Å². The second-order valence-corrected chi connectivity index (χ2v) is 6.15. The highest BCUT2D eigenvalue weighted by molar-refractivity contribution is 6.01. The van der Waals surface area contributed by atoms with Crippen LogP contribution in [0, 0.1) is 11.3 Å². The number of carbonyl (C=O) groups is 1. The van der Waals surface area contributed by atoms with Crippen molar-refractivity contribution in [2.45, 2.75) is 46.0 Å². The molecule has 1 N–H and O–H groups in total. The van der Waals surface area contributed by atoms with E-state index in [-0.39, 0.29) is 16.9 Å². The number of nitrogens with one attached hydrogen (secondary N) is 1. The lowest BCUT2D eigenvalue weighted by Crippen LogP contribution is -2.25. The molecule has 0 radical (unpaired) electrons. The molecule has 0 aliphatic heterocycles. The summed E-state index contributed by atoms with van der Waals surface area (Å²) in [5.41, 5.74) is 2.34. The van der Waals surface area contributed by atoms with Gasteiger partial charge in [0, 0.05) is 6.54 Å². The Kier molecular flexibility index (Phi) is 6.17. The van der Waals surface area contributed by atoms with E-state index in [0.717, 1.165) is 18.4 Å². The van der Waals surface area contributed by atoms with Crippen LogP contribution < -0.4 is 5.32 Å². The largest absolute Gasteiger partial charge is 0.351 e. The maximum atomic E-state index is 11.9. The van der Waals surface area contributed by atoms with E-state index in [1.807, 2.05) is 30.3 Å². The van der Waals surface area contributed by atoms with Gasteiger partial charge in [-0.3, -0.25) is 4.79 Å². The van der Waals surface area contributed by atoms with Crippen molar-refractivity contribution < 1.29 is 4.79 Å². The Morgan fingerprint density at radius 2 is 1.90 bits per heavy atom. The summed E-state index contributed by atoms with van der Waals surface area (Å²) in [5.74, 6) is -0.300. The van der Waals surface area contributed by atoms with Gasteiger partial charge in [0.2, 0.25) is 0 Å². The van der Waals surface area contributed by atoms with Crippen molar-refractivity contribution in [3.05, 3.63) is 41.0 Å². The molecule has 0 spiro atoms. The Morgan fingerprint density at radius 3 is 2.38 bits per heavy atom. The molecule has 0 saturated carbocycles. The van der Waals surface area contributed by atoms with Gasteiger partial charge < -0.3 is 5.32 Å². The fourth-order valence-electron chi connectivity index (χ4n) is 1.87. The minimum absolute atomic E-state index is 0.0951. The molecule has 1 aromatic carbocycles. The quantitative estimate of drug-likeness (QED) is 0.508. The number of rotatable bonds is 5. The van der Waals surface area contributed by atoms with Crippen LogP contribution in [0.5, 0.6) is 0 Å². The fourth-order valence-corrected chi connectivity index (χ4v) is 1.87. The molecule has 1 rings (SSSR count). The second-order valence-electron chi connectivity index (χ2n) is 6.15. The highest BCUT2D eigenvalue weighted by Crippen LogP contribution is 2.22. The van der Waals surface area contributed by atoms with Crippen LogP contribution in [-0.2, 0) is 10.2 Å². The van der Waals surface area contributed by atoms with Gasteiger partial charge in [0.05, 0.1) is 0 Å². The summed E-state index contributed by atoms with van der Waals surface area (Å²) in [6.45, 7) is 9.13. The number of amides is 1. The van der Waals surface area contributed by atoms with Crippen molar-refractivity contribution in [2.75, 3.05) is 6.54 Å². The summed E-state index contributed by atoms with van der Waals surface area (Å²) in [6.07, 6.45) is 3.57. The van der Waals surface area contributed by atoms with Crippen LogP contribution in [0.3, 0.4) is 0 Å². The first-order valence-corrected chi connectivity index (χ1v) is 7.39. The normalized spacial score (nSPS) is 11.9. The third kappa shape index (κ3) is 5.43. The van der Waals surface area contributed by atoms with Crippen LogP contribution in [0.2, 0.25) is 0 Å². The number of nitrogens with zero attached hydrogens (tertiary/aromatic N) is 1. The molecule has 0 saturated heterocycles. The minimum Gasteiger partial charge on any atom is -0.351 e. The highest BCUT2D eigenvalue weighted by atomic mass is 16.1. The molecule has 0 aliphatic rings. The summed E-state index contributed by atoms with van der Waals surface area (Å²) in [5, 5.41) is 11.9.